The third-order valence-electron chi connectivity index (χ3n) is 4.55. The molecule has 0 radical (unpaired) electrons. The highest BCUT2D eigenvalue weighted by Gasteiger charge is 2.36. The zero-order valence-electron chi connectivity index (χ0n) is 16.8. The van der Waals surface area contributed by atoms with Crippen LogP contribution >= 0.6 is 15.9 Å². The van der Waals surface area contributed by atoms with E-state index in [-0.39, 0.29) is 5.57 Å². The number of barbiturate groups is 1. The molecule has 2 aromatic rings. The van der Waals surface area contributed by atoms with Crippen molar-refractivity contribution in [3.8, 4) is 11.5 Å². The highest BCUT2D eigenvalue weighted by atomic mass is 79.9. The lowest BCUT2D eigenvalue weighted by Gasteiger charge is -2.26. The van der Waals surface area contributed by atoms with Gasteiger partial charge in [-0.3, -0.25) is 14.9 Å². The summed E-state index contributed by atoms with van der Waals surface area (Å²) in [6.07, 6.45) is 2.25. The van der Waals surface area contributed by atoms with Crippen molar-refractivity contribution in [2.45, 2.75) is 20.3 Å². The van der Waals surface area contributed by atoms with Gasteiger partial charge in [0.15, 0.2) is 11.5 Å². The van der Waals surface area contributed by atoms with Crippen LogP contribution < -0.4 is 19.7 Å². The lowest BCUT2D eigenvalue weighted by atomic mass is 10.1. The van der Waals surface area contributed by atoms with Crippen molar-refractivity contribution >= 4 is 45.5 Å². The quantitative estimate of drug-likeness (QED) is 0.505. The van der Waals surface area contributed by atoms with Gasteiger partial charge >= 0.3 is 6.03 Å². The van der Waals surface area contributed by atoms with Crippen LogP contribution in [0.1, 0.15) is 25.0 Å². The first-order valence-electron chi connectivity index (χ1n) is 9.40. The molecule has 0 atom stereocenters. The summed E-state index contributed by atoms with van der Waals surface area (Å²) in [6, 6.07) is 9.62. The number of ether oxygens (including phenoxy) is 2. The molecule has 3 rings (SSSR count). The molecule has 4 amide bonds. The van der Waals surface area contributed by atoms with E-state index in [0.717, 1.165) is 16.9 Å². The van der Waals surface area contributed by atoms with Crippen LogP contribution in [0, 0.1) is 0 Å². The maximum Gasteiger partial charge on any atom is 0.335 e. The van der Waals surface area contributed by atoms with Gasteiger partial charge in [-0.2, -0.15) is 0 Å². The van der Waals surface area contributed by atoms with E-state index in [1.165, 1.54) is 13.2 Å². The van der Waals surface area contributed by atoms with Crippen LogP contribution in [0.2, 0.25) is 0 Å². The number of carbonyl (C=O) groups excluding carboxylic acids is 3. The van der Waals surface area contributed by atoms with Gasteiger partial charge in [-0.25, -0.2) is 9.69 Å². The molecule has 7 nitrogen and oxygen atoms in total. The van der Waals surface area contributed by atoms with Gasteiger partial charge in [0.05, 0.1) is 23.9 Å². The summed E-state index contributed by atoms with van der Waals surface area (Å²) < 4.78 is 11.5. The number of urea groups is 1. The number of imide groups is 2. The largest absolute Gasteiger partial charge is 0.492 e. The molecule has 1 aliphatic rings. The van der Waals surface area contributed by atoms with Crippen LogP contribution in [0.5, 0.6) is 11.5 Å². The monoisotopic (exact) mass is 472 g/mol. The van der Waals surface area contributed by atoms with Crippen molar-refractivity contribution in [2.24, 2.45) is 0 Å². The number of nitrogens with one attached hydrogen (secondary N) is 1. The molecule has 0 saturated carbocycles. The van der Waals surface area contributed by atoms with E-state index < -0.39 is 17.8 Å². The molecule has 1 saturated heterocycles. The Bertz CT molecular complexity index is 1030. The van der Waals surface area contributed by atoms with Gasteiger partial charge < -0.3 is 9.47 Å². The molecule has 0 bridgehead atoms. The Hall–Kier alpha value is -3.13. The van der Waals surface area contributed by atoms with Crippen molar-refractivity contribution in [1.82, 2.24) is 5.32 Å². The Morgan fingerprint density at radius 2 is 1.80 bits per heavy atom. The summed E-state index contributed by atoms with van der Waals surface area (Å²) >= 11 is 3.41. The van der Waals surface area contributed by atoms with Gasteiger partial charge in [0, 0.05) is 0 Å². The first kappa shape index (κ1) is 21.6. The first-order chi connectivity index (χ1) is 14.4. The second kappa shape index (κ2) is 9.13. The minimum Gasteiger partial charge on any atom is -0.492 e. The Kier molecular flexibility index (Phi) is 6.56. The van der Waals surface area contributed by atoms with Crippen LogP contribution in [-0.4, -0.2) is 31.6 Å². The van der Waals surface area contributed by atoms with Crippen LogP contribution in [-0.2, 0) is 16.0 Å². The fraction of sp³-hybridized carbons (Fsp3) is 0.227. The molecule has 8 heteroatoms. The first-order valence-corrected chi connectivity index (χ1v) is 10.2. The predicted octanol–water partition coefficient (Wildman–Crippen LogP) is 4.09. The van der Waals surface area contributed by atoms with Crippen LogP contribution in [0.25, 0.3) is 6.08 Å². The number of aryl methyl sites for hydroxylation is 1. The van der Waals surface area contributed by atoms with E-state index in [1.54, 1.807) is 24.3 Å². The Balaban J connectivity index is 2.02. The van der Waals surface area contributed by atoms with E-state index in [9.17, 15) is 14.4 Å². The Labute approximate surface area is 182 Å². The number of anilines is 1. The number of rotatable bonds is 6. The Morgan fingerprint density at radius 1 is 1.10 bits per heavy atom. The summed E-state index contributed by atoms with van der Waals surface area (Å²) in [5.41, 5.74) is 1.84. The summed E-state index contributed by atoms with van der Waals surface area (Å²) in [5.74, 6) is -0.478. The highest BCUT2D eigenvalue weighted by Crippen LogP contribution is 2.37. The summed E-state index contributed by atoms with van der Waals surface area (Å²) in [6.45, 7) is 4.26. The van der Waals surface area contributed by atoms with Crippen molar-refractivity contribution in [1.29, 1.82) is 0 Å². The molecule has 1 aliphatic heterocycles. The van der Waals surface area contributed by atoms with Gasteiger partial charge in [-0.05, 0) is 70.7 Å². The number of methoxy groups -OCH3 is 1. The van der Waals surface area contributed by atoms with Gasteiger partial charge in [0.2, 0.25) is 0 Å². The Morgan fingerprint density at radius 3 is 2.40 bits per heavy atom. The second-order valence-electron chi connectivity index (χ2n) is 6.44. The normalized spacial score (nSPS) is 15.4. The second-order valence-corrected chi connectivity index (χ2v) is 7.30. The lowest BCUT2D eigenvalue weighted by Crippen LogP contribution is -2.54. The molecular formula is C22H21BrN2O5. The minimum atomic E-state index is -0.780. The number of hydrogen-bond donors (Lipinski definition) is 1. The third-order valence-corrected chi connectivity index (χ3v) is 5.14. The smallest absolute Gasteiger partial charge is 0.335 e. The van der Waals surface area contributed by atoms with Gasteiger partial charge in [-0.1, -0.05) is 19.1 Å². The van der Waals surface area contributed by atoms with Crippen LogP contribution in [0.15, 0.2) is 46.4 Å². The van der Waals surface area contributed by atoms with Crippen molar-refractivity contribution < 1.29 is 23.9 Å². The maximum atomic E-state index is 13.0. The lowest BCUT2D eigenvalue weighted by molar-refractivity contribution is -0.122. The topological polar surface area (TPSA) is 84.9 Å². The molecule has 1 N–H and O–H groups in total. The van der Waals surface area contributed by atoms with Crippen LogP contribution in [0.4, 0.5) is 10.5 Å². The average Bonchev–Trinajstić information content (AvgIpc) is 2.71. The number of benzene rings is 2. The number of nitrogens with zero attached hydrogens (tertiary/aromatic N) is 1. The molecule has 1 heterocycles. The SMILES string of the molecule is CCOc1cc(/C=C2/C(=O)NC(=O)N(c3ccc(CC)cc3)C2=O)cc(Br)c1OC. The zero-order chi connectivity index (χ0) is 21.8. The maximum absolute atomic E-state index is 13.0. The summed E-state index contributed by atoms with van der Waals surface area (Å²) in [7, 11) is 1.52. The fourth-order valence-electron chi connectivity index (χ4n) is 3.07. The van der Waals surface area contributed by atoms with E-state index >= 15 is 0 Å². The third kappa shape index (κ3) is 4.23. The number of carbonyl (C=O) groups is 3. The van der Waals surface area contributed by atoms with Crippen molar-refractivity contribution in [3.05, 3.63) is 57.6 Å². The number of hydrogen-bond acceptors (Lipinski definition) is 5. The summed E-state index contributed by atoms with van der Waals surface area (Å²) in [5, 5.41) is 2.23. The molecule has 2 aromatic carbocycles. The molecule has 0 unspecified atom stereocenters. The number of amides is 4. The molecule has 1 fully saturated rings. The molecule has 156 valence electrons. The van der Waals surface area contributed by atoms with Crippen LogP contribution in [0.3, 0.4) is 0 Å². The average molecular weight is 473 g/mol. The fourth-order valence-corrected chi connectivity index (χ4v) is 3.69. The van der Waals surface area contributed by atoms with Gasteiger partial charge in [0.1, 0.15) is 5.57 Å². The van der Waals surface area contributed by atoms with E-state index in [2.05, 4.69) is 21.2 Å². The number of halogens is 1. The standard InChI is InChI=1S/C22H21BrN2O5/c1-4-13-6-8-15(9-7-13)25-21(27)16(20(26)24-22(25)28)10-14-11-17(23)19(29-3)18(12-14)30-5-2/h6-12H,4-5H2,1-3H3,(H,24,26,28)/b16-10-. The van der Waals surface area contributed by atoms with E-state index in [1.807, 2.05) is 26.0 Å². The van der Waals surface area contributed by atoms with Crippen molar-refractivity contribution in [3.63, 3.8) is 0 Å². The van der Waals surface area contributed by atoms with E-state index in [0.29, 0.717) is 33.8 Å². The summed E-state index contributed by atoms with van der Waals surface area (Å²) in [4.78, 5) is 38.7. The minimum absolute atomic E-state index is 0.159. The molecular weight excluding hydrogens is 452 g/mol. The highest BCUT2D eigenvalue weighted by molar-refractivity contribution is 9.10. The molecule has 0 aliphatic carbocycles. The molecule has 0 aromatic heterocycles. The molecule has 0 spiro atoms. The van der Waals surface area contributed by atoms with Crippen molar-refractivity contribution in [2.75, 3.05) is 18.6 Å². The van der Waals surface area contributed by atoms with E-state index in [4.69, 9.17) is 9.47 Å². The predicted molar refractivity (Wildman–Crippen MR) is 117 cm³/mol. The molecule has 30 heavy (non-hydrogen) atoms. The van der Waals surface area contributed by atoms with Gasteiger partial charge in [-0.15, -0.1) is 0 Å². The zero-order valence-corrected chi connectivity index (χ0v) is 18.4. The van der Waals surface area contributed by atoms with Gasteiger partial charge in [0.25, 0.3) is 11.8 Å².